The highest BCUT2D eigenvalue weighted by Crippen LogP contribution is 2.12. The Morgan fingerprint density at radius 1 is 0.667 bits per heavy atom. The molecule has 2 N–H and O–H groups in total. The van der Waals surface area contributed by atoms with E-state index in [9.17, 15) is 4.79 Å². The maximum atomic E-state index is 11.3. The topological polar surface area (TPSA) is 41.1 Å². The zero-order valence-electron chi connectivity index (χ0n) is 14.5. The molecular formula is C18H38N2O. The third kappa shape index (κ3) is 17.4. The molecule has 0 spiro atoms. The van der Waals surface area contributed by atoms with Gasteiger partial charge in [0.05, 0.1) is 0 Å². The summed E-state index contributed by atoms with van der Waals surface area (Å²) in [6.07, 6.45) is 18.1. The van der Waals surface area contributed by atoms with Crippen LogP contribution in [0.4, 0.5) is 0 Å². The number of hydrazine groups is 1. The minimum atomic E-state index is 0.125. The van der Waals surface area contributed by atoms with Gasteiger partial charge in [-0.25, -0.2) is 5.43 Å². The van der Waals surface area contributed by atoms with Crippen LogP contribution >= 0.6 is 0 Å². The molecule has 0 atom stereocenters. The summed E-state index contributed by atoms with van der Waals surface area (Å²) >= 11 is 0. The van der Waals surface area contributed by atoms with Crippen LogP contribution in [0, 0.1) is 0 Å². The lowest BCUT2D eigenvalue weighted by molar-refractivity contribution is -0.122. The van der Waals surface area contributed by atoms with Gasteiger partial charge < -0.3 is 0 Å². The van der Waals surface area contributed by atoms with Crippen molar-refractivity contribution in [1.82, 2.24) is 10.9 Å². The van der Waals surface area contributed by atoms with E-state index in [1.807, 2.05) is 6.92 Å². The van der Waals surface area contributed by atoms with Gasteiger partial charge in [0.1, 0.15) is 0 Å². The van der Waals surface area contributed by atoms with Gasteiger partial charge in [-0.3, -0.25) is 10.2 Å². The molecular weight excluding hydrogens is 260 g/mol. The van der Waals surface area contributed by atoms with Crippen molar-refractivity contribution < 1.29 is 4.79 Å². The second-order valence-corrected chi connectivity index (χ2v) is 6.07. The lowest BCUT2D eigenvalue weighted by atomic mass is 10.0. The van der Waals surface area contributed by atoms with E-state index >= 15 is 0 Å². The normalized spacial score (nSPS) is 10.8. The third-order valence-electron chi connectivity index (χ3n) is 3.91. The first-order valence-corrected chi connectivity index (χ1v) is 9.33. The van der Waals surface area contributed by atoms with E-state index in [1.165, 1.54) is 77.0 Å². The predicted molar refractivity (Wildman–Crippen MR) is 92.1 cm³/mol. The van der Waals surface area contributed by atoms with Gasteiger partial charge in [-0.2, -0.15) is 0 Å². The molecule has 0 unspecified atom stereocenters. The Morgan fingerprint density at radius 3 is 1.52 bits per heavy atom. The van der Waals surface area contributed by atoms with E-state index in [1.54, 1.807) is 0 Å². The zero-order valence-corrected chi connectivity index (χ0v) is 14.5. The molecule has 126 valence electrons. The fourth-order valence-electron chi connectivity index (χ4n) is 2.55. The average Bonchev–Trinajstić information content (AvgIpc) is 2.49. The van der Waals surface area contributed by atoms with Crippen molar-refractivity contribution in [2.45, 2.75) is 104 Å². The summed E-state index contributed by atoms with van der Waals surface area (Å²) in [5.74, 6) is 0.125. The molecule has 21 heavy (non-hydrogen) atoms. The summed E-state index contributed by atoms with van der Waals surface area (Å²) in [5, 5.41) is 0. The summed E-state index contributed by atoms with van der Waals surface area (Å²) in [5.41, 5.74) is 5.53. The Morgan fingerprint density at radius 2 is 1.10 bits per heavy atom. The molecule has 0 aromatic heterocycles. The van der Waals surface area contributed by atoms with Crippen LogP contribution < -0.4 is 10.9 Å². The molecule has 0 aliphatic heterocycles. The molecule has 0 fully saturated rings. The van der Waals surface area contributed by atoms with Crippen LogP contribution in [0.25, 0.3) is 0 Å². The summed E-state index contributed by atoms with van der Waals surface area (Å²) in [6, 6.07) is 0. The summed E-state index contributed by atoms with van der Waals surface area (Å²) in [4.78, 5) is 11.3. The van der Waals surface area contributed by atoms with Gasteiger partial charge in [-0.05, 0) is 6.42 Å². The van der Waals surface area contributed by atoms with Crippen molar-refractivity contribution >= 4 is 5.91 Å². The minimum absolute atomic E-state index is 0.125. The molecule has 0 saturated heterocycles. The van der Waals surface area contributed by atoms with Crippen LogP contribution in [0.1, 0.15) is 104 Å². The second-order valence-electron chi connectivity index (χ2n) is 6.07. The van der Waals surface area contributed by atoms with Gasteiger partial charge in [-0.15, -0.1) is 0 Å². The highest BCUT2D eigenvalue weighted by Gasteiger charge is 1.99. The van der Waals surface area contributed by atoms with Crippen LogP contribution in [0.2, 0.25) is 0 Å². The van der Waals surface area contributed by atoms with Gasteiger partial charge in [0, 0.05) is 13.0 Å². The number of rotatable bonds is 16. The monoisotopic (exact) mass is 298 g/mol. The van der Waals surface area contributed by atoms with E-state index in [0.717, 1.165) is 13.0 Å². The number of unbranched alkanes of at least 4 members (excludes halogenated alkanes) is 12. The Bertz CT molecular complexity index is 219. The van der Waals surface area contributed by atoms with Gasteiger partial charge >= 0.3 is 0 Å². The summed E-state index contributed by atoms with van der Waals surface area (Å²) in [6.45, 7) is 5.03. The number of nitrogens with one attached hydrogen (secondary N) is 2. The van der Waals surface area contributed by atoms with Crippen molar-refractivity contribution in [2.24, 2.45) is 0 Å². The zero-order chi connectivity index (χ0) is 15.6. The van der Waals surface area contributed by atoms with Crippen molar-refractivity contribution in [3.8, 4) is 0 Å². The number of hydrogen-bond donors (Lipinski definition) is 2. The Labute approximate surface area is 132 Å². The average molecular weight is 299 g/mol. The summed E-state index contributed by atoms with van der Waals surface area (Å²) < 4.78 is 0. The minimum Gasteiger partial charge on any atom is -0.292 e. The van der Waals surface area contributed by atoms with E-state index in [0.29, 0.717) is 6.42 Å². The Hall–Kier alpha value is -0.570. The molecule has 0 aromatic rings. The first kappa shape index (κ1) is 20.4. The van der Waals surface area contributed by atoms with Crippen molar-refractivity contribution in [2.75, 3.05) is 6.54 Å². The van der Waals surface area contributed by atoms with Crippen LogP contribution in [0.15, 0.2) is 0 Å². The van der Waals surface area contributed by atoms with Crippen LogP contribution in [-0.2, 0) is 4.79 Å². The standard InChI is InChI=1S/C18H38N2O/c1-3-5-6-7-8-9-10-11-12-13-14-15-16-17-18(21)20-19-4-2/h19H,3-17H2,1-2H3,(H,20,21). The highest BCUT2D eigenvalue weighted by atomic mass is 16.2. The molecule has 0 saturated carbocycles. The lowest BCUT2D eigenvalue weighted by Crippen LogP contribution is -2.36. The number of carbonyl (C=O) groups is 1. The van der Waals surface area contributed by atoms with Crippen molar-refractivity contribution in [3.63, 3.8) is 0 Å². The molecule has 0 bridgehead atoms. The maximum absolute atomic E-state index is 11.3. The molecule has 0 aromatic carbocycles. The van der Waals surface area contributed by atoms with Gasteiger partial charge in [0.15, 0.2) is 0 Å². The van der Waals surface area contributed by atoms with Crippen molar-refractivity contribution in [3.05, 3.63) is 0 Å². The fourth-order valence-corrected chi connectivity index (χ4v) is 2.55. The van der Waals surface area contributed by atoms with E-state index in [-0.39, 0.29) is 5.91 Å². The third-order valence-corrected chi connectivity index (χ3v) is 3.91. The summed E-state index contributed by atoms with van der Waals surface area (Å²) in [7, 11) is 0. The molecule has 3 heteroatoms. The smallest absolute Gasteiger partial charge is 0.234 e. The molecule has 0 radical (unpaired) electrons. The Balaban J connectivity index is 3.04. The van der Waals surface area contributed by atoms with Crippen LogP contribution in [0.3, 0.4) is 0 Å². The van der Waals surface area contributed by atoms with Gasteiger partial charge in [0.25, 0.3) is 0 Å². The molecule has 0 rings (SSSR count). The number of amides is 1. The molecule has 0 aliphatic carbocycles. The first-order valence-electron chi connectivity index (χ1n) is 9.33. The largest absolute Gasteiger partial charge is 0.292 e. The fraction of sp³-hybridized carbons (Fsp3) is 0.944. The van der Waals surface area contributed by atoms with Gasteiger partial charge in [0.2, 0.25) is 5.91 Å². The SMILES string of the molecule is CCCCCCCCCCCCCCCC(=O)NNCC. The van der Waals surface area contributed by atoms with E-state index < -0.39 is 0 Å². The van der Waals surface area contributed by atoms with Gasteiger partial charge in [-0.1, -0.05) is 90.9 Å². The lowest BCUT2D eigenvalue weighted by Gasteiger charge is -2.05. The molecule has 1 amide bonds. The molecule has 0 aliphatic rings. The molecule has 0 heterocycles. The van der Waals surface area contributed by atoms with Crippen LogP contribution in [-0.4, -0.2) is 12.5 Å². The van der Waals surface area contributed by atoms with E-state index in [4.69, 9.17) is 0 Å². The van der Waals surface area contributed by atoms with Crippen molar-refractivity contribution in [1.29, 1.82) is 0 Å². The van der Waals surface area contributed by atoms with Crippen LogP contribution in [0.5, 0.6) is 0 Å². The van der Waals surface area contributed by atoms with E-state index in [2.05, 4.69) is 17.8 Å². The number of hydrogen-bond acceptors (Lipinski definition) is 2. The second kappa shape index (κ2) is 17.5. The predicted octanol–water partition coefficient (Wildman–Crippen LogP) is 5.11. The maximum Gasteiger partial charge on any atom is 0.234 e. The highest BCUT2D eigenvalue weighted by molar-refractivity contribution is 5.75. The Kier molecular flexibility index (Phi) is 17.0. The first-order chi connectivity index (χ1) is 10.3. The number of carbonyl (C=O) groups excluding carboxylic acids is 1. The quantitative estimate of drug-likeness (QED) is 0.307. The molecule has 3 nitrogen and oxygen atoms in total.